The zero-order valence-corrected chi connectivity index (χ0v) is 15.0. The van der Waals surface area contributed by atoms with E-state index in [1.807, 2.05) is 32.9 Å². The highest BCUT2D eigenvalue weighted by molar-refractivity contribution is 9.10. The van der Waals surface area contributed by atoms with Crippen LogP contribution in [0.15, 0.2) is 22.9 Å². The van der Waals surface area contributed by atoms with E-state index in [1.54, 1.807) is 6.20 Å². The van der Waals surface area contributed by atoms with E-state index in [0.717, 1.165) is 37.1 Å². The summed E-state index contributed by atoms with van der Waals surface area (Å²) in [6.45, 7) is 8.39. The first kappa shape index (κ1) is 17.2. The first-order chi connectivity index (χ1) is 10.3. The Morgan fingerprint density at radius 1 is 1.55 bits per heavy atom. The van der Waals surface area contributed by atoms with Crippen molar-refractivity contribution in [2.75, 3.05) is 13.1 Å². The second-order valence-corrected chi connectivity index (χ2v) is 7.52. The average Bonchev–Trinajstić information content (AvgIpc) is 2.36. The van der Waals surface area contributed by atoms with Crippen LogP contribution in [0.1, 0.15) is 39.2 Å². The molecule has 0 saturated carbocycles. The maximum atomic E-state index is 11.9. The lowest BCUT2D eigenvalue weighted by Crippen LogP contribution is -2.48. The summed E-state index contributed by atoms with van der Waals surface area (Å²) in [5.41, 5.74) is 0.765. The maximum absolute atomic E-state index is 11.9. The minimum absolute atomic E-state index is 0.147. The van der Waals surface area contributed by atoms with Crippen molar-refractivity contribution in [3.05, 3.63) is 28.5 Å². The van der Waals surface area contributed by atoms with Crippen LogP contribution in [0.5, 0.6) is 0 Å². The first-order valence-corrected chi connectivity index (χ1v) is 8.43. The first-order valence-electron chi connectivity index (χ1n) is 7.64. The van der Waals surface area contributed by atoms with Crippen LogP contribution < -0.4 is 5.32 Å². The number of carbonyl (C=O) groups excluding carboxylic acids is 1. The molecule has 1 aromatic rings. The lowest BCUT2D eigenvalue weighted by atomic mass is 10.1. The molecule has 1 fully saturated rings. The molecular weight excluding hydrogens is 346 g/mol. The van der Waals surface area contributed by atoms with Gasteiger partial charge in [0, 0.05) is 25.3 Å². The van der Waals surface area contributed by atoms with Gasteiger partial charge >= 0.3 is 6.09 Å². The van der Waals surface area contributed by atoms with Gasteiger partial charge in [0.1, 0.15) is 10.2 Å². The number of pyridine rings is 1. The molecule has 2 heterocycles. The van der Waals surface area contributed by atoms with E-state index in [2.05, 4.69) is 31.1 Å². The van der Waals surface area contributed by atoms with Gasteiger partial charge in [-0.15, -0.1) is 0 Å². The molecular formula is C16H24BrN3O2. The number of likely N-dealkylation sites (tertiary alicyclic amines) is 1. The standard InChI is InChI=1S/C16H24BrN3O2/c1-16(2,3)22-15(21)19-13-5-4-8-20(11-13)10-12-6-7-18-14(17)9-12/h6-7,9,13H,4-5,8,10-11H2,1-3H3,(H,19,21)/t13-/m0/s1. The normalized spacial score (nSPS) is 19.7. The van der Waals surface area contributed by atoms with Gasteiger partial charge in [0.2, 0.25) is 0 Å². The lowest BCUT2D eigenvalue weighted by molar-refractivity contribution is 0.0470. The quantitative estimate of drug-likeness (QED) is 0.830. The summed E-state index contributed by atoms with van der Waals surface area (Å²) in [4.78, 5) is 18.4. The Labute approximate surface area is 140 Å². The molecule has 1 aliphatic rings. The highest BCUT2D eigenvalue weighted by atomic mass is 79.9. The number of ether oxygens (including phenoxy) is 1. The number of hydrogen-bond donors (Lipinski definition) is 1. The molecule has 2 rings (SSSR count). The molecule has 1 aromatic heterocycles. The fraction of sp³-hybridized carbons (Fsp3) is 0.625. The molecule has 0 aromatic carbocycles. The summed E-state index contributed by atoms with van der Waals surface area (Å²) < 4.78 is 6.18. The van der Waals surface area contributed by atoms with Gasteiger partial charge < -0.3 is 10.1 Å². The third kappa shape index (κ3) is 5.93. The molecule has 0 spiro atoms. The predicted molar refractivity (Wildman–Crippen MR) is 89.6 cm³/mol. The molecule has 1 N–H and O–H groups in total. The minimum Gasteiger partial charge on any atom is -0.444 e. The number of aromatic nitrogens is 1. The van der Waals surface area contributed by atoms with Crippen molar-refractivity contribution >= 4 is 22.0 Å². The van der Waals surface area contributed by atoms with Crippen LogP contribution in [-0.4, -0.2) is 40.7 Å². The summed E-state index contributed by atoms with van der Waals surface area (Å²) in [6, 6.07) is 4.20. The molecule has 6 heteroatoms. The van der Waals surface area contributed by atoms with Gasteiger partial charge in [-0.25, -0.2) is 9.78 Å². The molecule has 0 aliphatic carbocycles. The van der Waals surface area contributed by atoms with Crippen molar-refractivity contribution in [1.82, 2.24) is 15.2 Å². The van der Waals surface area contributed by atoms with Crippen molar-refractivity contribution in [2.24, 2.45) is 0 Å². The van der Waals surface area contributed by atoms with Crippen LogP contribution >= 0.6 is 15.9 Å². The van der Waals surface area contributed by atoms with Crippen LogP contribution in [-0.2, 0) is 11.3 Å². The second kappa shape index (κ2) is 7.42. The topological polar surface area (TPSA) is 54.5 Å². The van der Waals surface area contributed by atoms with E-state index in [4.69, 9.17) is 4.74 Å². The Hall–Kier alpha value is -1.14. The van der Waals surface area contributed by atoms with Crippen molar-refractivity contribution < 1.29 is 9.53 Å². The number of piperidine rings is 1. The lowest BCUT2D eigenvalue weighted by Gasteiger charge is -2.33. The van der Waals surface area contributed by atoms with Gasteiger partial charge in [-0.05, 0) is 73.8 Å². The van der Waals surface area contributed by atoms with E-state index in [0.29, 0.717) is 0 Å². The Kier molecular flexibility index (Phi) is 5.81. The van der Waals surface area contributed by atoms with Gasteiger partial charge in [0.05, 0.1) is 0 Å². The second-order valence-electron chi connectivity index (χ2n) is 6.71. The molecule has 22 heavy (non-hydrogen) atoms. The van der Waals surface area contributed by atoms with Gasteiger partial charge in [-0.1, -0.05) is 0 Å². The Bertz CT molecular complexity index is 516. The largest absolute Gasteiger partial charge is 0.444 e. The SMILES string of the molecule is CC(C)(C)OC(=O)N[C@H]1CCCN(Cc2ccnc(Br)c2)C1. The maximum Gasteiger partial charge on any atom is 0.407 e. The molecule has 0 unspecified atom stereocenters. The van der Waals surface area contributed by atoms with E-state index in [1.165, 1.54) is 5.56 Å². The summed E-state index contributed by atoms with van der Waals surface area (Å²) in [6.07, 6.45) is 3.55. The van der Waals surface area contributed by atoms with E-state index in [-0.39, 0.29) is 12.1 Å². The summed E-state index contributed by atoms with van der Waals surface area (Å²) in [5, 5.41) is 2.98. The molecule has 122 valence electrons. The van der Waals surface area contributed by atoms with Crippen molar-refractivity contribution in [2.45, 2.75) is 51.8 Å². The van der Waals surface area contributed by atoms with E-state index < -0.39 is 5.60 Å². The Morgan fingerprint density at radius 2 is 2.32 bits per heavy atom. The highest BCUT2D eigenvalue weighted by Gasteiger charge is 2.24. The van der Waals surface area contributed by atoms with E-state index in [9.17, 15) is 4.79 Å². The monoisotopic (exact) mass is 369 g/mol. The number of nitrogens with zero attached hydrogens (tertiary/aromatic N) is 2. The van der Waals surface area contributed by atoms with Crippen LogP contribution in [0.2, 0.25) is 0 Å². The number of alkyl carbamates (subject to hydrolysis) is 1. The smallest absolute Gasteiger partial charge is 0.407 e. The Balaban J connectivity index is 1.85. The Morgan fingerprint density at radius 3 is 3.00 bits per heavy atom. The highest BCUT2D eigenvalue weighted by Crippen LogP contribution is 2.16. The number of nitrogens with one attached hydrogen (secondary N) is 1. The number of carbonyl (C=O) groups is 1. The minimum atomic E-state index is -0.457. The van der Waals surface area contributed by atoms with Crippen molar-refractivity contribution in [3.63, 3.8) is 0 Å². The van der Waals surface area contributed by atoms with Crippen LogP contribution in [0.4, 0.5) is 4.79 Å². The number of amides is 1. The van der Waals surface area contributed by atoms with Gasteiger partial charge in [-0.2, -0.15) is 0 Å². The number of halogens is 1. The fourth-order valence-electron chi connectivity index (χ4n) is 2.59. The van der Waals surface area contributed by atoms with Gasteiger partial charge in [-0.3, -0.25) is 4.90 Å². The van der Waals surface area contributed by atoms with Crippen molar-refractivity contribution in [1.29, 1.82) is 0 Å². The third-order valence-electron chi connectivity index (χ3n) is 3.42. The number of rotatable bonds is 3. The summed E-state index contributed by atoms with van der Waals surface area (Å²) in [5.74, 6) is 0. The zero-order chi connectivity index (χ0) is 16.2. The van der Waals surface area contributed by atoms with Crippen LogP contribution in [0.3, 0.4) is 0 Å². The van der Waals surface area contributed by atoms with E-state index >= 15 is 0 Å². The summed E-state index contributed by atoms with van der Waals surface area (Å²) in [7, 11) is 0. The third-order valence-corrected chi connectivity index (χ3v) is 3.86. The number of hydrogen-bond acceptors (Lipinski definition) is 4. The molecule has 0 radical (unpaired) electrons. The molecule has 1 aliphatic heterocycles. The van der Waals surface area contributed by atoms with Crippen molar-refractivity contribution in [3.8, 4) is 0 Å². The van der Waals surface area contributed by atoms with Crippen LogP contribution in [0, 0.1) is 0 Å². The molecule has 1 atom stereocenters. The fourth-order valence-corrected chi connectivity index (χ4v) is 3.00. The van der Waals surface area contributed by atoms with Crippen LogP contribution in [0.25, 0.3) is 0 Å². The molecule has 5 nitrogen and oxygen atoms in total. The summed E-state index contributed by atoms with van der Waals surface area (Å²) >= 11 is 3.40. The molecule has 1 saturated heterocycles. The van der Waals surface area contributed by atoms with Gasteiger partial charge in [0.25, 0.3) is 0 Å². The average molecular weight is 370 g/mol. The van der Waals surface area contributed by atoms with Gasteiger partial charge in [0.15, 0.2) is 0 Å². The molecule has 0 bridgehead atoms. The predicted octanol–water partition coefficient (Wildman–Crippen LogP) is 3.33. The molecule has 1 amide bonds. The zero-order valence-electron chi connectivity index (χ0n) is 13.4.